The van der Waals surface area contributed by atoms with Gasteiger partial charge in [-0.15, -0.1) is 4.28 Å². The van der Waals surface area contributed by atoms with Gasteiger partial charge in [-0.1, -0.05) is 0 Å². The molecule has 2 bridgehead atoms. The highest BCUT2D eigenvalue weighted by molar-refractivity contribution is 7.80. The Morgan fingerprint density at radius 1 is 1.36 bits per heavy atom. The fraction of sp³-hybridized carbons (Fsp3) is 0.385. The van der Waals surface area contributed by atoms with Crippen molar-refractivity contribution in [3.8, 4) is 0 Å². The zero-order chi connectivity index (χ0) is 20.7. The van der Waals surface area contributed by atoms with Crippen molar-refractivity contribution in [1.29, 1.82) is 0 Å². The van der Waals surface area contributed by atoms with E-state index in [1.165, 1.54) is 24.5 Å². The summed E-state index contributed by atoms with van der Waals surface area (Å²) in [6.07, 6.45) is 1.47. The fourth-order valence-electron chi connectivity index (χ4n) is 2.86. The van der Waals surface area contributed by atoms with Crippen molar-refractivity contribution in [3.63, 3.8) is 0 Å². The van der Waals surface area contributed by atoms with Crippen LogP contribution in [-0.4, -0.2) is 70.3 Å². The molecule has 0 radical (unpaired) electrons. The molecule has 28 heavy (non-hydrogen) atoms. The lowest BCUT2D eigenvalue weighted by Gasteiger charge is -2.34. The number of carbonyl (C=O) groups is 3. The Labute approximate surface area is 156 Å². The van der Waals surface area contributed by atoms with Crippen molar-refractivity contribution >= 4 is 28.2 Å². The molecular formula is C13H13F2N5O7S. The summed E-state index contributed by atoms with van der Waals surface area (Å²) in [6, 6.07) is -2.23. The van der Waals surface area contributed by atoms with Crippen LogP contribution in [0.5, 0.6) is 0 Å². The van der Waals surface area contributed by atoms with Crippen LogP contribution in [0.25, 0.3) is 0 Å². The van der Waals surface area contributed by atoms with Crippen molar-refractivity contribution in [3.05, 3.63) is 30.1 Å². The molecule has 1 aromatic rings. The first-order chi connectivity index (χ1) is 13.0. The van der Waals surface area contributed by atoms with E-state index in [-0.39, 0.29) is 10.6 Å². The number of hydrazine groups is 1. The Kier molecular flexibility index (Phi) is 4.90. The van der Waals surface area contributed by atoms with Gasteiger partial charge in [0.15, 0.2) is 0 Å². The number of aromatic nitrogens is 1. The third-order valence-electron chi connectivity index (χ3n) is 4.12. The van der Waals surface area contributed by atoms with Gasteiger partial charge >= 0.3 is 16.4 Å². The fourth-order valence-corrected chi connectivity index (χ4v) is 3.23. The molecule has 2 atom stereocenters. The maximum atomic E-state index is 14.3. The monoisotopic (exact) mass is 421 g/mol. The predicted molar refractivity (Wildman–Crippen MR) is 83.6 cm³/mol. The minimum atomic E-state index is -5.24. The van der Waals surface area contributed by atoms with Crippen LogP contribution in [0.3, 0.4) is 0 Å². The average molecular weight is 421 g/mol. The van der Waals surface area contributed by atoms with Crippen LogP contribution in [0, 0.1) is 0 Å². The summed E-state index contributed by atoms with van der Waals surface area (Å²) in [4.78, 5) is 40.7. The number of piperidine rings is 1. The van der Waals surface area contributed by atoms with Gasteiger partial charge in [-0.05, 0) is 12.1 Å². The molecule has 4 amide bonds. The molecule has 15 heteroatoms. The first kappa shape index (κ1) is 19.8. The van der Waals surface area contributed by atoms with Gasteiger partial charge in [0, 0.05) is 18.8 Å². The van der Waals surface area contributed by atoms with E-state index >= 15 is 0 Å². The smallest absolute Gasteiger partial charge is 0.308 e. The summed E-state index contributed by atoms with van der Waals surface area (Å²) in [5, 5.41) is -0.184. The normalized spacial score (nSPS) is 23.5. The maximum absolute atomic E-state index is 14.3. The van der Waals surface area contributed by atoms with Gasteiger partial charge in [-0.25, -0.2) is 13.6 Å². The molecule has 0 saturated carbocycles. The first-order valence-corrected chi connectivity index (χ1v) is 9.01. The molecule has 3 heterocycles. The SMILES string of the molecule is O=C(NNC(=O)[C@@H]1CC(F)(F)[C@@H]2CN1C(=O)N2OS(=O)(=O)O)c1cccnc1. The third-order valence-corrected chi connectivity index (χ3v) is 4.47. The first-order valence-electron chi connectivity index (χ1n) is 7.64. The second-order valence-corrected chi connectivity index (χ2v) is 6.95. The lowest BCUT2D eigenvalue weighted by molar-refractivity contribution is -0.154. The van der Waals surface area contributed by atoms with Crippen molar-refractivity contribution in [1.82, 2.24) is 25.8 Å². The summed E-state index contributed by atoms with van der Waals surface area (Å²) in [7, 11) is -5.24. The Morgan fingerprint density at radius 2 is 2.07 bits per heavy atom. The van der Waals surface area contributed by atoms with E-state index in [4.69, 9.17) is 4.55 Å². The number of nitrogens with one attached hydrogen (secondary N) is 2. The summed E-state index contributed by atoms with van der Waals surface area (Å²) in [5.74, 6) is -5.61. The van der Waals surface area contributed by atoms with Crippen molar-refractivity contribution in [2.45, 2.75) is 24.4 Å². The van der Waals surface area contributed by atoms with E-state index in [9.17, 15) is 31.6 Å². The Morgan fingerprint density at radius 3 is 2.68 bits per heavy atom. The van der Waals surface area contributed by atoms with Crippen molar-refractivity contribution in [2.75, 3.05) is 6.54 Å². The Balaban J connectivity index is 1.72. The van der Waals surface area contributed by atoms with Crippen LogP contribution in [-0.2, 0) is 19.5 Å². The quantitative estimate of drug-likeness (QED) is 0.416. The third kappa shape index (κ3) is 3.85. The number of rotatable bonds is 4. The number of amides is 4. The molecule has 2 aliphatic rings. The number of carbonyl (C=O) groups excluding carboxylic acids is 3. The summed E-state index contributed by atoms with van der Waals surface area (Å²) < 4.78 is 62.8. The highest BCUT2D eigenvalue weighted by Crippen LogP contribution is 2.40. The summed E-state index contributed by atoms with van der Waals surface area (Å²) in [6.45, 7) is -0.726. The largest absolute Gasteiger partial charge is 0.418 e. The van der Waals surface area contributed by atoms with E-state index in [1.54, 1.807) is 0 Å². The van der Waals surface area contributed by atoms with Crippen LogP contribution in [0.2, 0.25) is 0 Å². The van der Waals surface area contributed by atoms with E-state index in [2.05, 4.69) is 9.27 Å². The van der Waals surface area contributed by atoms with Crippen LogP contribution in [0.15, 0.2) is 24.5 Å². The lowest BCUT2D eigenvalue weighted by atomic mass is 9.96. The Hall–Kier alpha value is -2.91. The number of alkyl halides is 2. The van der Waals surface area contributed by atoms with Gasteiger partial charge in [-0.3, -0.25) is 30.0 Å². The van der Waals surface area contributed by atoms with Gasteiger partial charge in [0.25, 0.3) is 17.7 Å². The molecule has 1 aromatic heterocycles. The summed E-state index contributed by atoms with van der Waals surface area (Å²) in [5.41, 5.74) is 4.02. The van der Waals surface area contributed by atoms with E-state index in [0.717, 1.165) is 0 Å². The zero-order valence-electron chi connectivity index (χ0n) is 13.8. The van der Waals surface area contributed by atoms with Gasteiger partial charge in [0.1, 0.15) is 12.1 Å². The van der Waals surface area contributed by atoms with Gasteiger partial charge in [-0.2, -0.15) is 13.5 Å². The van der Waals surface area contributed by atoms with Crippen LogP contribution < -0.4 is 10.9 Å². The number of nitrogens with zero attached hydrogens (tertiary/aromatic N) is 3. The number of halogens is 2. The minimum Gasteiger partial charge on any atom is -0.308 e. The molecule has 2 aliphatic heterocycles. The van der Waals surface area contributed by atoms with E-state index in [1.807, 2.05) is 10.9 Å². The summed E-state index contributed by atoms with van der Waals surface area (Å²) >= 11 is 0. The van der Waals surface area contributed by atoms with Crippen LogP contribution >= 0.6 is 0 Å². The molecule has 0 unspecified atom stereocenters. The maximum Gasteiger partial charge on any atom is 0.418 e. The Bertz CT molecular complexity index is 913. The topological polar surface area (TPSA) is 158 Å². The number of hydrogen-bond acceptors (Lipinski definition) is 7. The number of pyridine rings is 1. The second kappa shape index (κ2) is 6.92. The molecular weight excluding hydrogens is 408 g/mol. The standard InChI is InChI=1S/C13H13F2N5O7S/c14-13(15)4-8(11(22)18-17-10(21)7-2-1-3-16-5-7)19-6-9(13)20(12(19)23)27-28(24,25)26/h1-3,5,8-9H,4,6H2,(H,17,21)(H,18,22)(H,24,25,26)/t8-,9-/m0/s1. The molecule has 3 rings (SSSR count). The van der Waals surface area contributed by atoms with E-state index in [0.29, 0.717) is 4.90 Å². The molecule has 2 saturated heterocycles. The minimum absolute atomic E-state index is 0.0850. The molecule has 0 spiro atoms. The predicted octanol–water partition coefficient (Wildman–Crippen LogP) is -0.909. The van der Waals surface area contributed by atoms with Crippen molar-refractivity contribution in [2.24, 2.45) is 0 Å². The van der Waals surface area contributed by atoms with Crippen LogP contribution in [0.4, 0.5) is 13.6 Å². The molecule has 3 N–H and O–H groups in total. The van der Waals surface area contributed by atoms with E-state index < -0.39 is 59.2 Å². The molecule has 152 valence electrons. The van der Waals surface area contributed by atoms with Gasteiger partial charge < -0.3 is 4.90 Å². The molecule has 2 fully saturated rings. The highest BCUT2D eigenvalue weighted by atomic mass is 32.3. The lowest BCUT2D eigenvalue weighted by Crippen LogP contribution is -2.58. The zero-order valence-corrected chi connectivity index (χ0v) is 14.6. The van der Waals surface area contributed by atoms with Gasteiger partial charge in [0.2, 0.25) is 0 Å². The number of fused-ring (bicyclic) bond motifs is 2. The molecule has 12 nitrogen and oxygen atoms in total. The van der Waals surface area contributed by atoms with Crippen LogP contribution in [0.1, 0.15) is 16.8 Å². The van der Waals surface area contributed by atoms with Gasteiger partial charge in [0.05, 0.1) is 12.1 Å². The molecule has 0 aliphatic carbocycles. The number of urea groups is 1. The number of hydroxylamine groups is 2. The highest BCUT2D eigenvalue weighted by Gasteiger charge is 2.62. The average Bonchev–Trinajstić information content (AvgIpc) is 2.90. The molecule has 0 aromatic carbocycles. The number of hydrogen-bond donors (Lipinski definition) is 3. The second-order valence-electron chi connectivity index (χ2n) is 5.94. The van der Waals surface area contributed by atoms with Crippen molar-refractivity contribution < 1.29 is 40.4 Å².